The van der Waals surface area contributed by atoms with Crippen molar-refractivity contribution < 1.29 is 19.1 Å². The van der Waals surface area contributed by atoms with E-state index in [2.05, 4.69) is 10.3 Å². The Morgan fingerprint density at radius 2 is 2.00 bits per heavy atom. The Morgan fingerprint density at radius 1 is 1.29 bits per heavy atom. The number of carboxylic acids is 1. The molecule has 0 bridgehead atoms. The summed E-state index contributed by atoms with van der Waals surface area (Å²) in [6.45, 7) is 7.93. The minimum absolute atomic E-state index is 0.150. The monoisotopic (exact) mass is 330 g/mol. The molecule has 24 heavy (non-hydrogen) atoms. The minimum atomic E-state index is -0.976. The van der Waals surface area contributed by atoms with E-state index in [0.29, 0.717) is 11.7 Å². The summed E-state index contributed by atoms with van der Waals surface area (Å²) >= 11 is 0. The third-order valence-corrected chi connectivity index (χ3v) is 3.79. The number of amides is 1. The van der Waals surface area contributed by atoms with Crippen LogP contribution in [-0.4, -0.2) is 22.0 Å². The zero-order chi connectivity index (χ0) is 17.9. The normalized spacial score (nSPS) is 10.9. The number of oxazole rings is 1. The zero-order valence-electron chi connectivity index (χ0n) is 14.3. The van der Waals surface area contributed by atoms with E-state index >= 15 is 0 Å². The van der Waals surface area contributed by atoms with E-state index in [4.69, 9.17) is 9.52 Å². The van der Waals surface area contributed by atoms with Crippen molar-refractivity contribution in [3.63, 3.8) is 0 Å². The van der Waals surface area contributed by atoms with Crippen LogP contribution in [0.25, 0.3) is 0 Å². The number of nitrogens with zero attached hydrogens (tertiary/aromatic N) is 1. The van der Waals surface area contributed by atoms with Crippen molar-refractivity contribution >= 4 is 11.9 Å². The summed E-state index contributed by atoms with van der Waals surface area (Å²) in [6, 6.07) is 4.75. The molecule has 128 valence electrons. The number of carbonyl (C=O) groups excluding carboxylic acids is 1. The standard InChI is InChI=1S/C18H22N2O4/c1-10(2)17-20-12(4)15(24-17)9-19-16(21)8-13-5-6-14(18(22)23)7-11(13)3/h5-7,10H,8-9H2,1-4H3,(H,19,21)(H,22,23). The molecular formula is C18H22N2O4. The average Bonchev–Trinajstić information content (AvgIpc) is 2.88. The molecule has 2 aromatic rings. The van der Waals surface area contributed by atoms with Crippen LogP contribution < -0.4 is 5.32 Å². The fourth-order valence-corrected chi connectivity index (χ4v) is 2.30. The number of aryl methyl sites for hydroxylation is 2. The lowest BCUT2D eigenvalue weighted by atomic mass is 10.0. The van der Waals surface area contributed by atoms with Gasteiger partial charge in [0.25, 0.3) is 0 Å². The van der Waals surface area contributed by atoms with Gasteiger partial charge in [-0.2, -0.15) is 0 Å². The Hall–Kier alpha value is -2.63. The predicted molar refractivity (Wildman–Crippen MR) is 89.0 cm³/mol. The van der Waals surface area contributed by atoms with E-state index < -0.39 is 5.97 Å². The topological polar surface area (TPSA) is 92.4 Å². The molecule has 0 saturated carbocycles. The van der Waals surface area contributed by atoms with Gasteiger partial charge in [-0.15, -0.1) is 0 Å². The second kappa shape index (κ2) is 7.29. The van der Waals surface area contributed by atoms with Gasteiger partial charge in [-0.3, -0.25) is 4.79 Å². The molecule has 0 aliphatic carbocycles. The number of carbonyl (C=O) groups is 2. The lowest BCUT2D eigenvalue weighted by molar-refractivity contribution is -0.120. The molecule has 0 saturated heterocycles. The quantitative estimate of drug-likeness (QED) is 0.849. The first-order chi connectivity index (χ1) is 11.3. The number of benzene rings is 1. The van der Waals surface area contributed by atoms with Gasteiger partial charge in [0, 0.05) is 5.92 Å². The van der Waals surface area contributed by atoms with Crippen molar-refractivity contribution in [1.29, 1.82) is 0 Å². The van der Waals surface area contributed by atoms with Crippen LogP contribution in [0.2, 0.25) is 0 Å². The van der Waals surface area contributed by atoms with Crippen LogP contribution >= 0.6 is 0 Å². The number of carboxylic acid groups (broad SMARTS) is 1. The molecular weight excluding hydrogens is 308 g/mol. The molecule has 0 fully saturated rings. The van der Waals surface area contributed by atoms with Crippen LogP contribution in [0, 0.1) is 13.8 Å². The fourth-order valence-electron chi connectivity index (χ4n) is 2.30. The van der Waals surface area contributed by atoms with E-state index in [9.17, 15) is 9.59 Å². The Balaban J connectivity index is 1.98. The smallest absolute Gasteiger partial charge is 0.335 e. The Bertz CT molecular complexity index is 762. The Morgan fingerprint density at radius 3 is 2.54 bits per heavy atom. The summed E-state index contributed by atoms with van der Waals surface area (Å²) in [5, 5.41) is 11.8. The van der Waals surface area contributed by atoms with E-state index in [1.165, 1.54) is 6.07 Å². The van der Waals surface area contributed by atoms with Crippen LogP contribution in [0.5, 0.6) is 0 Å². The van der Waals surface area contributed by atoms with Gasteiger partial charge in [0.05, 0.1) is 24.2 Å². The summed E-state index contributed by atoms with van der Waals surface area (Å²) in [4.78, 5) is 27.4. The number of aromatic carboxylic acids is 1. The van der Waals surface area contributed by atoms with E-state index in [-0.39, 0.29) is 30.4 Å². The van der Waals surface area contributed by atoms with Crippen LogP contribution in [0.15, 0.2) is 22.6 Å². The first-order valence-corrected chi connectivity index (χ1v) is 7.83. The van der Waals surface area contributed by atoms with Crippen molar-refractivity contribution in [3.05, 3.63) is 52.2 Å². The van der Waals surface area contributed by atoms with Gasteiger partial charge in [0.1, 0.15) is 5.76 Å². The van der Waals surface area contributed by atoms with Gasteiger partial charge in [-0.1, -0.05) is 19.9 Å². The Labute approximate surface area is 140 Å². The molecule has 0 spiro atoms. The lowest BCUT2D eigenvalue weighted by Gasteiger charge is -2.08. The van der Waals surface area contributed by atoms with Gasteiger partial charge in [0.15, 0.2) is 5.89 Å². The maximum atomic E-state index is 12.1. The van der Waals surface area contributed by atoms with Crippen molar-refractivity contribution in [1.82, 2.24) is 10.3 Å². The van der Waals surface area contributed by atoms with Gasteiger partial charge < -0.3 is 14.8 Å². The first kappa shape index (κ1) is 17.7. The van der Waals surface area contributed by atoms with Crippen molar-refractivity contribution in [2.24, 2.45) is 0 Å². The third kappa shape index (κ3) is 4.22. The SMILES string of the molecule is Cc1cc(C(=O)O)ccc1CC(=O)NCc1oc(C(C)C)nc1C. The number of hydrogen-bond donors (Lipinski definition) is 2. The fraction of sp³-hybridized carbons (Fsp3) is 0.389. The van der Waals surface area contributed by atoms with E-state index in [0.717, 1.165) is 16.8 Å². The van der Waals surface area contributed by atoms with Gasteiger partial charge in [-0.25, -0.2) is 9.78 Å². The summed E-state index contributed by atoms with van der Waals surface area (Å²) < 4.78 is 5.65. The maximum Gasteiger partial charge on any atom is 0.335 e. The van der Waals surface area contributed by atoms with E-state index in [1.807, 2.05) is 20.8 Å². The maximum absolute atomic E-state index is 12.1. The van der Waals surface area contributed by atoms with Crippen molar-refractivity contribution in [2.45, 2.75) is 46.6 Å². The lowest BCUT2D eigenvalue weighted by Crippen LogP contribution is -2.25. The predicted octanol–water partition coefficient (Wildman–Crippen LogP) is 2.97. The summed E-state index contributed by atoms with van der Waals surface area (Å²) in [5.74, 6) is 0.393. The highest BCUT2D eigenvalue weighted by molar-refractivity contribution is 5.88. The van der Waals surface area contributed by atoms with Gasteiger partial charge in [0.2, 0.25) is 5.91 Å². The third-order valence-electron chi connectivity index (χ3n) is 3.79. The number of rotatable bonds is 6. The highest BCUT2D eigenvalue weighted by Gasteiger charge is 2.14. The molecule has 0 radical (unpaired) electrons. The molecule has 1 aromatic carbocycles. The molecule has 1 heterocycles. The zero-order valence-corrected chi connectivity index (χ0v) is 14.3. The molecule has 6 nitrogen and oxygen atoms in total. The van der Waals surface area contributed by atoms with Crippen molar-refractivity contribution in [3.8, 4) is 0 Å². The van der Waals surface area contributed by atoms with Crippen molar-refractivity contribution in [2.75, 3.05) is 0 Å². The van der Waals surface area contributed by atoms with Gasteiger partial charge >= 0.3 is 5.97 Å². The summed E-state index contributed by atoms with van der Waals surface area (Å²) in [6.07, 6.45) is 0.190. The molecule has 6 heteroatoms. The van der Waals surface area contributed by atoms with Crippen LogP contribution in [0.4, 0.5) is 0 Å². The summed E-state index contributed by atoms with van der Waals surface area (Å²) in [5.41, 5.74) is 2.58. The molecule has 2 N–H and O–H groups in total. The molecule has 0 aliphatic heterocycles. The second-order valence-electron chi connectivity index (χ2n) is 6.12. The molecule has 0 aliphatic rings. The van der Waals surface area contributed by atoms with Crippen LogP contribution in [0.1, 0.15) is 58.6 Å². The van der Waals surface area contributed by atoms with Crippen LogP contribution in [0.3, 0.4) is 0 Å². The number of hydrogen-bond acceptors (Lipinski definition) is 4. The summed E-state index contributed by atoms with van der Waals surface area (Å²) in [7, 11) is 0. The second-order valence-corrected chi connectivity index (χ2v) is 6.12. The van der Waals surface area contributed by atoms with Gasteiger partial charge in [-0.05, 0) is 37.1 Å². The molecule has 1 aromatic heterocycles. The highest BCUT2D eigenvalue weighted by Crippen LogP contribution is 2.18. The molecule has 2 rings (SSSR count). The molecule has 0 unspecified atom stereocenters. The largest absolute Gasteiger partial charge is 0.478 e. The number of nitrogens with one attached hydrogen (secondary N) is 1. The average molecular weight is 330 g/mol. The Kier molecular flexibility index (Phi) is 5.39. The van der Waals surface area contributed by atoms with E-state index in [1.54, 1.807) is 19.1 Å². The minimum Gasteiger partial charge on any atom is -0.478 e. The van der Waals surface area contributed by atoms with Crippen LogP contribution in [-0.2, 0) is 17.8 Å². The highest BCUT2D eigenvalue weighted by atomic mass is 16.4. The molecule has 0 atom stereocenters. The first-order valence-electron chi connectivity index (χ1n) is 7.83. The number of aromatic nitrogens is 1. The molecule has 1 amide bonds.